The van der Waals surface area contributed by atoms with Crippen LogP contribution in [-0.2, 0) is 6.18 Å². The molecule has 0 saturated carbocycles. The number of benzene rings is 2. The van der Waals surface area contributed by atoms with Gasteiger partial charge in [-0.05, 0) is 55.0 Å². The maximum atomic E-state index is 13.0. The molecule has 8 nitrogen and oxygen atoms in total. The van der Waals surface area contributed by atoms with Crippen LogP contribution >= 0.6 is 11.6 Å². The SMILES string of the molecule is C=NN(C)/C=C(\C)c1cc(Oc2ccc(NC(=O)Nc3ccc(Cl)c(C(F)(F)F)c3)cc2)cc(OC)n1. The molecule has 0 aliphatic rings. The van der Waals surface area contributed by atoms with E-state index in [0.717, 1.165) is 17.7 Å². The fourth-order valence-electron chi connectivity index (χ4n) is 3.09. The molecule has 0 saturated heterocycles. The Labute approximate surface area is 216 Å². The fourth-order valence-corrected chi connectivity index (χ4v) is 3.31. The Morgan fingerprint density at radius 3 is 2.35 bits per heavy atom. The molecule has 0 spiro atoms. The minimum atomic E-state index is -4.64. The molecule has 0 bridgehead atoms. The van der Waals surface area contributed by atoms with Crippen molar-refractivity contribution < 1.29 is 27.4 Å². The first kappa shape index (κ1) is 27.3. The maximum absolute atomic E-state index is 13.0. The van der Waals surface area contributed by atoms with Gasteiger partial charge in [-0.15, -0.1) is 0 Å². The first-order valence-corrected chi connectivity index (χ1v) is 11.0. The lowest BCUT2D eigenvalue weighted by molar-refractivity contribution is -0.137. The number of carbonyl (C=O) groups is 1. The molecular weight excluding hydrogens is 511 g/mol. The Balaban J connectivity index is 1.69. The third kappa shape index (κ3) is 7.61. The summed E-state index contributed by atoms with van der Waals surface area (Å²) in [5, 5.41) is 9.77. The van der Waals surface area contributed by atoms with Gasteiger partial charge in [-0.25, -0.2) is 9.78 Å². The van der Waals surface area contributed by atoms with E-state index in [4.69, 9.17) is 21.1 Å². The highest BCUT2D eigenvalue weighted by atomic mass is 35.5. The van der Waals surface area contributed by atoms with Crippen molar-refractivity contribution >= 4 is 41.3 Å². The number of urea groups is 1. The van der Waals surface area contributed by atoms with Crippen molar-refractivity contribution in [3.05, 3.63) is 77.1 Å². The van der Waals surface area contributed by atoms with Gasteiger partial charge in [0, 0.05) is 43.5 Å². The lowest BCUT2D eigenvalue weighted by Gasteiger charge is -2.13. The van der Waals surface area contributed by atoms with E-state index in [1.54, 1.807) is 54.7 Å². The summed E-state index contributed by atoms with van der Waals surface area (Å²) in [4.78, 5) is 16.7. The number of ether oxygens (including phenoxy) is 2. The van der Waals surface area contributed by atoms with Crippen LogP contribution in [0.1, 0.15) is 18.2 Å². The summed E-state index contributed by atoms with van der Waals surface area (Å²) >= 11 is 5.61. The molecule has 2 N–H and O–H groups in total. The van der Waals surface area contributed by atoms with E-state index in [1.807, 2.05) is 6.92 Å². The van der Waals surface area contributed by atoms with E-state index >= 15 is 0 Å². The molecule has 3 rings (SSSR count). The number of nitrogens with zero attached hydrogens (tertiary/aromatic N) is 3. The Morgan fingerprint density at radius 1 is 1.08 bits per heavy atom. The van der Waals surface area contributed by atoms with Crippen molar-refractivity contribution in [2.75, 3.05) is 24.8 Å². The molecule has 0 unspecified atom stereocenters. The number of hydrogen-bond acceptors (Lipinski definition) is 6. The number of nitrogens with one attached hydrogen (secondary N) is 2. The zero-order valence-corrected chi connectivity index (χ0v) is 20.8. The minimum Gasteiger partial charge on any atom is -0.481 e. The number of anilines is 2. The topological polar surface area (TPSA) is 88.1 Å². The normalized spacial score (nSPS) is 11.5. The van der Waals surface area contributed by atoms with Crippen LogP contribution in [0.25, 0.3) is 5.57 Å². The number of alkyl halides is 3. The highest BCUT2D eigenvalue weighted by Gasteiger charge is 2.33. The van der Waals surface area contributed by atoms with E-state index in [-0.39, 0.29) is 5.69 Å². The summed E-state index contributed by atoms with van der Waals surface area (Å²) in [7, 11) is 3.23. The van der Waals surface area contributed by atoms with Crippen LogP contribution in [0, 0.1) is 0 Å². The molecule has 2 aromatic carbocycles. The number of aromatic nitrogens is 1. The summed E-state index contributed by atoms with van der Waals surface area (Å²) in [6.07, 6.45) is -2.90. The number of carbonyl (C=O) groups excluding carboxylic acids is 1. The van der Waals surface area contributed by atoms with Gasteiger partial charge in [0.2, 0.25) is 5.88 Å². The number of hydrazone groups is 1. The summed E-state index contributed by atoms with van der Waals surface area (Å²) in [5.41, 5.74) is 0.694. The van der Waals surface area contributed by atoms with Gasteiger partial charge < -0.3 is 20.1 Å². The monoisotopic (exact) mass is 533 g/mol. The Kier molecular flexibility index (Phi) is 8.61. The van der Waals surface area contributed by atoms with E-state index in [1.165, 1.54) is 13.2 Å². The van der Waals surface area contributed by atoms with Crippen molar-refractivity contribution in [3.63, 3.8) is 0 Å². The predicted molar refractivity (Wildman–Crippen MR) is 137 cm³/mol. The molecule has 0 aliphatic heterocycles. The fraction of sp³-hybridized carbons (Fsp3) is 0.160. The lowest BCUT2D eigenvalue weighted by Crippen LogP contribution is -2.19. The molecular formula is C25H23ClF3N5O3. The summed E-state index contributed by atoms with van der Waals surface area (Å²) in [5.74, 6) is 1.27. The summed E-state index contributed by atoms with van der Waals surface area (Å²) in [6.45, 7) is 5.32. The minimum absolute atomic E-state index is 0.0592. The van der Waals surface area contributed by atoms with Crippen LogP contribution < -0.4 is 20.1 Å². The predicted octanol–water partition coefficient (Wildman–Crippen LogP) is 7.11. The van der Waals surface area contributed by atoms with Gasteiger partial charge >= 0.3 is 12.2 Å². The number of rotatable bonds is 8. The number of halogens is 4. The molecule has 194 valence electrons. The van der Waals surface area contributed by atoms with Crippen molar-refractivity contribution in [3.8, 4) is 17.4 Å². The van der Waals surface area contributed by atoms with Crippen molar-refractivity contribution in [1.82, 2.24) is 9.99 Å². The van der Waals surface area contributed by atoms with Gasteiger partial charge in [-0.1, -0.05) is 11.6 Å². The summed E-state index contributed by atoms with van der Waals surface area (Å²) < 4.78 is 50.3. The molecule has 0 radical (unpaired) electrons. The second-order valence-electron chi connectivity index (χ2n) is 7.66. The molecule has 3 aromatic rings. The van der Waals surface area contributed by atoms with E-state index < -0.39 is 22.8 Å². The highest BCUT2D eigenvalue weighted by molar-refractivity contribution is 6.31. The standard InChI is InChI=1S/C25H23ClF3N5O3/c1-15(14-34(3)30-2)22-12-19(13-23(33-22)36-4)37-18-8-5-16(6-9-18)31-24(35)32-17-7-10-21(26)20(11-17)25(27,28)29/h5-14H,2H2,1,3-4H3,(H2,31,32,35)/b15-14+. The molecule has 0 atom stereocenters. The molecule has 1 heterocycles. The third-order valence-corrected chi connectivity index (χ3v) is 5.20. The zero-order chi connectivity index (χ0) is 27.2. The molecule has 2 amide bonds. The molecule has 12 heteroatoms. The van der Waals surface area contributed by atoms with E-state index in [0.29, 0.717) is 28.8 Å². The number of hydrogen-bond donors (Lipinski definition) is 2. The summed E-state index contributed by atoms with van der Waals surface area (Å²) in [6, 6.07) is 12.1. The van der Waals surface area contributed by atoms with Crippen LogP contribution in [0.3, 0.4) is 0 Å². The first-order chi connectivity index (χ1) is 17.5. The maximum Gasteiger partial charge on any atom is 0.417 e. The second-order valence-corrected chi connectivity index (χ2v) is 8.06. The average molecular weight is 534 g/mol. The van der Waals surface area contributed by atoms with Gasteiger partial charge in [-0.3, -0.25) is 5.01 Å². The van der Waals surface area contributed by atoms with Crippen LogP contribution in [0.2, 0.25) is 5.02 Å². The van der Waals surface area contributed by atoms with Gasteiger partial charge in [-0.2, -0.15) is 18.3 Å². The van der Waals surface area contributed by atoms with Gasteiger partial charge in [0.25, 0.3) is 0 Å². The molecule has 37 heavy (non-hydrogen) atoms. The van der Waals surface area contributed by atoms with Crippen molar-refractivity contribution in [2.24, 2.45) is 5.10 Å². The van der Waals surface area contributed by atoms with Gasteiger partial charge in [0.15, 0.2) is 0 Å². The van der Waals surface area contributed by atoms with E-state index in [2.05, 4.69) is 27.4 Å². The number of methoxy groups -OCH3 is 1. The smallest absolute Gasteiger partial charge is 0.417 e. The Morgan fingerprint density at radius 2 is 1.73 bits per heavy atom. The number of allylic oxidation sites excluding steroid dienone is 1. The molecule has 1 aromatic heterocycles. The highest BCUT2D eigenvalue weighted by Crippen LogP contribution is 2.36. The number of pyridine rings is 1. The lowest BCUT2D eigenvalue weighted by atomic mass is 10.2. The third-order valence-electron chi connectivity index (χ3n) is 4.87. The van der Waals surface area contributed by atoms with Crippen LogP contribution in [0.15, 0.2) is 65.9 Å². The molecule has 0 aliphatic carbocycles. The van der Waals surface area contributed by atoms with Crippen molar-refractivity contribution in [1.29, 1.82) is 0 Å². The average Bonchev–Trinajstić information content (AvgIpc) is 2.85. The molecule has 0 fully saturated rings. The zero-order valence-electron chi connectivity index (χ0n) is 20.1. The van der Waals surface area contributed by atoms with Gasteiger partial charge in [0.1, 0.15) is 11.5 Å². The van der Waals surface area contributed by atoms with Crippen LogP contribution in [0.5, 0.6) is 17.4 Å². The van der Waals surface area contributed by atoms with Crippen LogP contribution in [-0.4, -0.2) is 36.9 Å². The number of amides is 2. The van der Waals surface area contributed by atoms with Crippen LogP contribution in [0.4, 0.5) is 29.3 Å². The largest absolute Gasteiger partial charge is 0.481 e. The van der Waals surface area contributed by atoms with Crippen molar-refractivity contribution in [2.45, 2.75) is 13.1 Å². The first-order valence-electron chi connectivity index (χ1n) is 10.7. The second kappa shape index (κ2) is 11.7. The quantitative estimate of drug-likeness (QED) is 0.238. The Hall–Kier alpha value is -4.25. The Bertz CT molecular complexity index is 1310. The van der Waals surface area contributed by atoms with Gasteiger partial charge in [0.05, 0.1) is 23.4 Å². The van der Waals surface area contributed by atoms with E-state index in [9.17, 15) is 18.0 Å².